The van der Waals surface area contributed by atoms with Crippen LogP contribution in [0.2, 0.25) is 0 Å². The number of nitrogens with zero attached hydrogens (tertiary/aromatic N) is 3. The molecule has 2 heterocycles. The van der Waals surface area contributed by atoms with Gasteiger partial charge in [-0.05, 0) is 52.0 Å². The van der Waals surface area contributed by atoms with Crippen LogP contribution in [0, 0.1) is 0 Å². The molecule has 0 aliphatic rings. The lowest BCUT2D eigenvalue weighted by molar-refractivity contribution is 0.670. The Morgan fingerprint density at radius 3 is 1.71 bits per heavy atom. The molecule has 0 spiro atoms. The largest absolute Gasteiger partial charge is 0.455 e. The van der Waals surface area contributed by atoms with Crippen molar-refractivity contribution >= 4 is 21.9 Å². The maximum absolute atomic E-state index is 9.57. The monoisotopic (exact) mass is 638 g/mol. The molecule has 49 heavy (non-hydrogen) atoms. The maximum Gasteiger partial charge on any atom is 0.164 e. The highest BCUT2D eigenvalue weighted by molar-refractivity contribution is 6.15. The van der Waals surface area contributed by atoms with E-state index in [1.807, 2.05) is 109 Å². The zero-order valence-corrected chi connectivity index (χ0v) is 25.6. The van der Waals surface area contributed by atoms with E-state index in [0.29, 0.717) is 11.1 Å². The Morgan fingerprint density at radius 1 is 0.408 bits per heavy atom. The van der Waals surface area contributed by atoms with Crippen LogP contribution in [-0.4, -0.2) is 15.0 Å². The highest BCUT2D eigenvalue weighted by Crippen LogP contribution is 2.41. The summed E-state index contributed by atoms with van der Waals surface area (Å²) in [5, 5.41) is -0.254. The second kappa shape index (κ2) is 12.2. The third kappa shape index (κ3) is 5.35. The molecule has 7 aromatic carbocycles. The topological polar surface area (TPSA) is 51.8 Å². The van der Waals surface area contributed by atoms with Crippen LogP contribution in [0.3, 0.4) is 0 Å². The Balaban J connectivity index is 1.39. The zero-order valence-electron chi connectivity index (χ0n) is 36.6. The number of benzene rings is 7. The summed E-state index contributed by atoms with van der Waals surface area (Å²) in [7, 11) is 0. The van der Waals surface area contributed by atoms with Gasteiger partial charge in [0.2, 0.25) is 0 Å². The Kier molecular flexibility index (Phi) is 4.78. The van der Waals surface area contributed by atoms with E-state index in [1.165, 1.54) is 0 Å². The van der Waals surface area contributed by atoms with Crippen molar-refractivity contribution in [3.8, 4) is 67.5 Å². The molecule has 9 aromatic rings. The van der Waals surface area contributed by atoms with Crippen LogP contribution in [0.1, 0.15) is 15.1 Å². The summed E-state index contributed by atoms with van der Waals surface area (Å²) in [6.07, 6.45) is 0. The van der Waals surface area contributed by atoms with Crippen molar-refractivity contribution < 1.29 is 19.5 Å². The lowest BCUT2D eigenvalue weighted by Gasteiger charge is -2.12. The molecule has 0 atom stereocenters. The van der Waals surface area contributed by atoms with Gasteiger partial charge in [-0.15, -0.1) is 0 Å². The summed E-state index contributed by atoms with van der Waals surface area (Å²) in [6, 6.07) is 27.9. The minimum Gasteiger partial charge on any atom is -0.455 e. The zero-order chi connectivity index (χ0) is 42.1. The van der Waals surface area contributed by atoms with Gasteiger partial charge in [0.05, 0.1) is 15.1 Å². The fourth-order valence-corrected chi connectivity index (χ4v) is 5.85. The predicted octanol–water partition coefficient (Wildman–Crippen LogP) is 11.8. The van der Waals surface area contributed by atoms with Crippen molar-refractivity contribution in [1.82, 2.24) is 15.0 Å². The third-order valence-electron chi connectivity index (χ3n) is 8.21. The molecule has 0 fully saturated rings. The summed E-state index contributed by atoms with van der Waals surface area (Å²) in [5.74, 6) is 0.269. The lowest BCUT2D eigenvalue weighted by Crippen LogP contribution is -2.01. The van der Waals surface area contributed by atoms with Crippen molar-refractivity contribution in [2.24, 2.45) is 0 Å². The lowest BCUT2D eigenvalue weighted by atomic mass is 9.98. The van der Waals surface area contributed by atoms with E-state index in [2.05, 4.69) is 0 Å². The normalized spacial score (nSPS) is 14.4. The molecule has 4 heteroatoms. The van der Waals surface area contributed by atoms with E-state index < -0.39 is 72.0 Å². The number of furan rings is 1. The molecule has 0 saturated carbocycles. The molecule has 0 N–H and O–H groups in total. The van der Waals surface area contributed by atoms with E-state index in [9.17, 15) is 2.74 Å². The van der Waals surface area contributed by atoms with Gasteiger partial charge >= 0.3 is 0 Å². The smallest absolute Gasteiger partial charge is 0.164 e. The molecule has 2 aromatic heterocycles. The fraction of sp³-hybridized carbons (Fsp3) is 0. The highest BCUT2D eigenvalue weighted by Gasteiger charge is 2.20. The number of hydrogen-bond donors (Lipinski definition) is 0. The molecular formula is C45H29N3O. The van der Waals surface area contributed by atoms with Crippen molar-refractivity contribution in [3.05, 3.63) is 176 Å². The third-order valence-corrected chi connectivity index (χ3v) is 8.21. The van der Waals surface area contributed by atoms with Crippen LogP contribution in [-0.2, 0) is 0 Å². The first kappa shape index (κ1) is 19.2. The number of fused-ring (bicyclic) bond motifs is 3. The summed E-state index contributed by atoms with van der Waals surface area (Å²) in [6.45, 7) is 0. The molecule has 0 aliphatic carbocycles. The van der Waals surface area contributed by atoms with Gasteiger partial charge in [-0.3, -0.25) is 0 Å². The van der Waals surface area contributed by atoms with Gasteiger partial charge in [0.15, 0.2) is 17.5 Å². The molecule has 230 valence electrons. The molecule has 0 saturated heterocycles. The first-order valence-corrected chi connectivity index (χ1v) is 15.5. The van der Waals surface area contributed by atoms with Gasteiger partial charge in [-0.25, -0.2) is 15.0 Å². The van der Waals surface area contributed by atoms with Crippen LogP contribution >= 0.6 is 0 Å². The number of para-hydroxylation sites is 1. The molecule has 0 radical (unpaired) electrons. The van der Waals surface area contributed by atoms with Gasteiger partial charge in [0.1, 0.15) is 11.2 Å². The average molecular weight is 639 g/mol. The van der Waals surface area contributed by atoms with Gasteiger partial charge < -0.3 is 4.42 Å². The standard InChI is InChI=1S/C45H29N3O/c1-4-13-30(14-5-1)32-23-25-34(26-24-32)43-46-44(36-20-12-19-35(29-36)31-15-6-2-7-16-31)48-45(47-43)39-28-27-37(33-17-8-3-9-18-33)42-41(39)38-21-10-11-22-40(38)49-42/h1-29H/i3D,8D,9D,10D,11D,17D,18D,21D,22D,27D,28D. The fourth-order valence-electron chi connectivity index (χ4n) is 5.85. The van der Waals surface area contributed by atoms with Crippen LogP contribution in [0.5, 0.6) is 0 Å². The molecule has 9 rings (SSSR count). The Morgan fingerprint density at radius 2 is 0.959 bits per heavy atom. The van der Waals surface area contributed by atoms with Crippen molar-refractivity contribution in [2.75, 3.05) is 0 Å². The average Bonchev–Trinajstić information content (AvgIpc) is 3.68. The number of rotatable bonds is 6. The summed E-state index contributed by atoms with van der Waals surface area (Å²) >= 11 is 0. The van der Waals surface area contributed by atoms with E-state index in [-0.39, 0.29) is 50.5 Å². The molecule has 4 nitrogen and oxygen atoms in total. The first-order valence-electron chi connectivity index (χ1n) is 21.0. The van der Waals surface area contributed by atoms with Gasteiger partial charge in [-0.2, -0.15) is 0 Å². The molecule has 0 bridgehead atoms. The Bertz CT molecular complexity index is 3180. The van der Waals surface area contributed by atoms with Crippen LogP contribution < -0.4 is 0 Å². The van der Waals surface area contributed by atoms with Gasteiger partial charge in [0, 0.05) is 33.0 Å². The van der Waals surface area contributed by atoms with Crippen LogP contribution in [0.4, 0.5) is 0 Å². The SMILES string of the molecule is [2H]c1c([2H])c([2H])c(-c2c([2H])c([2H])c(-c3nc(-c4ccc(-c5ccccc5)cc4)nc(-c4cccc(-c5ccccc5)c4)n3)c3c2oc2c([2H])c([2H])c([2H])c([2H])c23)c([2H])c1[2H]. The number of aromatic nitrogens is 3. The second-order valence-corrected chi connectivity index (χ2v) is 11.2. The van der Waals surface area contributed by atoms with Gasteiger partial charge in [-0.1, -0.05) is 151 Å². The Labute approximate surface area is 299 Å². The summed E-state index contributed by atoms with van der Waals surface area (Å²) in [5.41, 5.74) is 3.39. The van der Waals surface area contributed by atoms with E-state index >= 15 is 0 Å². The van der Waals surface area contributed by atoms with Crippen molar-refractivity contribution in [1.29, 1.82) is 0 Å². The van der Waals surface area contributed by atoms with Crippen LogP contribution in [0.25, 0.3) is 89.5 Å². The maximum atomic E-state index is 9.57. The first-order chi connectivity index (χ1) is 28.8. The van der Waals surface area contributed by atoms with Crippen molar-refractivity contribution in [2.45, 2.75) is 0 Å². The summed E-state index contributed by atoms with van der Waals surface area (Å²) < 4.78 is 103. The quantitative estimate of drug-likeness (QED) is 0.182. The summed E-state index contributed by atoms with van der Waals surface area (Å²) in [4.78, 5) is 14.7. The van der Waals surface area contributed by atoms with Crippen molar-refractivity contribution in [3.63, 3.8) is 0 Å². The molecule has 0 aliphatic heterocycles. The van der Waals surface area contributed by atoms with E-state index in [4.69, 9.17) is 31.7 Å². The predicted molar refractivity (Wildman–Crippen MR) is 200 cm³/mol. The minimum absolute atomic E-state index is 0.0969. The minimum atomic E-state index is -0.683. The second-order valence-electron chi connectivity index (χ2n) is 11.2. The molecule has 0 amide bonds. The molecule has 0 unspecified atom stereocenters. The van der Waals surface area contributed by atoms with E-state index in [1.54, 1.807) is 0 Å². The number of hydrogen-bond acceptors (Lipinski definition) is 4. The molecular weight excluding hydrogens is 599 g/mol. The van der Waals surface area contributed by atoms with Gasteiger partial charge in [0.25, 0.3) is 0 Å². The van der Waals surface area contributed by atoms with Crippen LogP contribution in [0.15, 0.2) is 180 Å². The Hall–Kier alpha value is -6.65. The van der Waals surface area contributed by atoms with E-state index in [0.717, 1.165) is 22.3 Å². The highest BCUT2D eigenvalue weighted by atomic mass is 16.3.